The molecule has 0 atom stereocenters. The fraction of sp³-hybridized carbons (Fsp3) is 0.667. The van der Waals surface area contributed by atoms with Crippen molar-refractivity contribution in [1.82, 2.24) is 9.97 Å². The summed E-state index contributed by atoms with van der Waals surface area (Å²) in [5, 5.41) is 21.9. The Kier molecular flexibility index (Phi) is 5.98. The van der Waals surface area contributed by atoms with Crippen LogP contribution in [0.15, 0.2) is 10.7 Å². The van der Waals surface area contributed by atoms with Crippen LogP contribution in [0.25, 0.3) is 0 Å². The third kappa shape index (κ3) is 3.90. The summed E-state index contributed by atoms with van der Waals surface area (Å²) in [5.41, 5.74) is -0.739. The lowest BCUT2D eigenvalue weighted by Crippen LogP contribution is -2.45. The van der Waals surface area contributed by atoms with Crippen molar-refractivity contribution in [2.45, 2.75) is 38.6 Å². The molecule has 18 heavy (non-hydrogen) atoms. The Morgan fingerprint density at radius 3 is 2.44 bits per heavy atom. The standard InChI is InChI=1S/C12H20BrN3O2/c1-3-5-10-14-9(13)6-11(15-10)16-12(4-2,7-17)8-18/h6,17-18H,3-5,7-8H2,1-2H3,(H,14,15,16). The van der Waals surface area contributed by atoms with E-state index in [1.165, 1.54) is 0 Å². The Balaban J connectivity index is 2.95. The number of nitrogens with one attached hydrogen (secondary N) is 1. The summed E-state index contributed by atoms with van der Waals surface area (Å²) in [7, 11) is 0. The Morgan fingerprint density at radius 2 is 1.94 bits per heavy atom. The summed E-state index contributed by atoms with van der Waals surface area (Å²) in [6.45, 7) is 3.67. The third-order valence-electron chi connectivity index (χ3n) is 2.89. The van der Waals surface area contributed by atoms with Crippen molar-refractivity contribution in [3.8, 4) is 0 Å². The van der Waals surface area contributed by atoms with Crippen molar-refractivity contribution >= 4 is 21.7 Å². The van der Waals surface area contributed by atoms with E-state index in [4.69, 9.17) is 0 Å². The molecule has 0 saturated heterocycles. The SMILES string of the molecule is CCCc1nc(Br)cc(NC(CC)(CO)CO)n1. The number of aryl methyl sites for hydroxylation is 1. The average Bonchev–Trinajstić information content (AvgIpc) is 2.36. The second-order valence-corrected chi connectivity index (χ2v) is 5.13. The average molecular weight is 318 g/mol. The van der Waals surface area contributed by atoms with Crippen LogP contribution in [0.5, 0.6) is 0 Å². The molecule has 0 unspecified atom stereocenters. The van der Waals surface area contributed by atoms with E-state index in [0.717, 1.165) is 18.7 Å². The fourth-order valence-electron chi connectivity index (χ4n) is 1.58. The molecule has 1 rings (SSSR count). The zero-order valence-corrected chi connectivity index (χ0v) is 12.4. The molecular formula is C12H20BrN3O2. The van der Waals surface area contributed by atoms with Crippen LogP contribution in [-0.4, -0.2) is 38.9 Å². The van der Waals surface area contributed by atoms with E-state index in [0.29, 0.717) is 16.8 Å². The number of nitrogens with zero attached hydrogens (tertiary/aromatic N) is 2. The van der Waals surface area contributed by atoms with Gasteiger partial charge in [-0.1, -0.05) is 13.8 Å². The number of rotatable bonds is 7. The second-order valence-electron chi connectivity index (χ2n) is 4.32. The van der Waals surface area contributed by atoms with E-state index in [1.807, 2.05) is 6.92 Å². The summed E-state index contributed by atoms with van der Waals surface area (Å²) < 4.78 is 0.698. The highest BCUT2D eigenvalue weighted by atomic mass is 79.9. The first-order valence-electron chi connectivity index (χ1n) is 6.12. The molecule has 0 aliphatic carbocycles. The van der Waals surface area contributed by atoms with Gasteiger partial charge < -0.3 is 15.5 Å². The highest BCUT2D eigenvalue weighted by molar-refractivity contribution is 9.10. The molecule has 102 valence electrons. The third-order valence-corrected chi connectivity index (χ3v) is 3.30. The number of hydrogen-bond donors (Lipinski definition) is 3. The lowest BCUT2D eigenvalue weighted by molar-refractivity contribution is 0.132. The van der Waals surface area contributed by atoms with Gasteiger partial charge in [-0.15, -0.1) is 0 Å². The second kappa shape index (κ2) is 7.01. The van der Waals surface area contributed by atoms with Gasteiger partial charge in [-0.2, -0.15) is 0 Å². The first-order chi connectivity index (χ1) is 8.59. The molecule has 0 spiro atoms. The van der Waals surface area contributed by atoms with Gasteiger partial charge in [0.15, 0.2) is 0 Å². The minimum atomic E-state index is -0.739. The highest BCUT2D eigenvalue weighted by Gasteiger charge is 2.26. The van der Waals surface area contributed by atoms with E-state index < -0.39 is 5.54 Å². The van der Waals surface area contributed by atoms with Crippen LogP contribution in [-0.2, 0) is 6.42 Å². The van der Waals surface area contributed by atoms with Gasteiger partial charge in [0.1, 0.15) is 16.2 Å². The molecule has 1 aromatic heterocycles. The van der Waals surface area contributed by atoms with E-state index >= 15 is 0 Å². The molecule has 0 aromatic carbocycles. The summed E-state index contributed by atoms with van der Waals surface area (Å²) >= 11 is 3.34. The predicted octanol–water partition coefficient (Wildman–Crippen LogP) is 1.74. The maximum atomic E-state index is 9.40. The number of aromatic nitrogens is 2. The highest BCUT2D eigenvalue weighted by Crippen LogP contribution is 2.19. The number of halogens is 1. The maximum Gasteiger partial charge on any atom is 0.132 e. The van der Waals surface area contributed by atoms with E-state index in [-0.39, 0.29) is 13.2 Å². The van der Waals surface area contributed by atoms with Crippen molar-refractivity contribution in [3.05, 3.63) is 16.5 Å². The van der Waals surface area contributed by atoms with Crippen LogP contribution >= 0.6 is 15.9 Å². The van der Waals surface area contributed by atoms with Gasteiger partial charge >= 0.3 is 0 Å². The van der Waals surface area contributed by atoms with Crippen molar-refractivity contribution in [3.63, 3.8) is 0 Å². The van der Waals surface area contributed by atoms with Crippen molar-refractivity contribution in [2.75, 3.05) is 18.5 Å². The summed E-state index contributed by atoms with van der Waals surface area (Å²) in [4.78, 5) is 8.65. The van der Waals surface area contributed by atoms with Crippen LogP contribution in [0, 0.1) is 0 Å². The van der Waals surface area contributed by atoms with E-state index in [1.54, 1.807) is 6.07 Å². The first kappa shape index (κ1) is 15.3. The molecule has 0 aliphatic rings. The van der Waals surface area contributed by atoms with Crippen LogP contribution in [0.3, 0.4) is 0 Å². The van der Waals surface area contributed by atoms with Gasteiger partial charge in [-0.05, 0) is 28.8 Å². The van der Waals surface area contributed by atoms with Crippen LogP contribution in [0.4, 0.5) is 5.82 Å². The zero-order chi connectivity index (χ0) is 13.6. The van der Waals surface area contributed by atoms with Gasteiger partial charge in [0.25, 0.3) is 0 Å². The molecule has 0 saturated carbocycles. The molecule has 0 fully saturated rings. The molecular weight excluding hydrogens is 298 g/mol. The number of hydrogen-bond acceptors (Lipinski definition) is 5. The molecule has 0 amide bonds. The fourth-order valence-corrected chi connectivity index (χ4v) is 2.00. The lowest BCUT2D eigenvalue weighted by Gasteiger charge is -2.30. The number of aliphatic hydroxyl groups excluding tert-OH is 2. The summed E-state index contributed by atoms with van der Waals surface area (Å²) in [6, 6.07) is 1.74. The maximum absolute atomic E-state index is 9.40. The van der Waals surface area contributed by atoms with E-state index in [9.17, 15) is 10.2 Å². The topological polar surface area (TPSA) is 78.3 Å². The van der Waals surface area contributed by atoms with Gasteiger partial charge in [0.05, 0.1) is 18.8 Å². The number of aliphatic hydroxyl groups is 2. The molecule has 5 nitrogen and oxygen atoms in total. The molecule has 1 aromatic rings. The number of anilines is 1. The molecule has 6 heteroatoms. The Bertz CT molecular complexity index is 375. The minimum Gasteiger partial charge on any atom is -0.394 e. The van der Waals surface area contributed by atoms with E-state index in [2.05, 4.69) is 38.1 Å². The molecule has 3 N–H and O–H groups in total. The molecule has 0 bridgehead atoms. The summed E-state index contributed by atoms with van der Waals surface area (Å²) in [6.07, 6.45) is 2.37. The minimum absolute atomic E-state index is 0.148. The van der Waals surface area contributed by atoms with Gasteiger partial charge in [-0.3, -0.25) is 0 Å². The van der Waals surface area contributed by atoms with Gasteiger partial charge in [-0.25, -0.2) is 9.97 Å². The molecule has 1 heterocycles. The normalized spacial score (nSPS) is 11.6. The monoisotopic (exact) mass is 317 g/mol. The largest absolute Gasteiger partial charge is 0.394 e. The predicted molar refractivity (Wildman–Crippen MR) is 74.5 cm³/mol. The first-order valence-corrected chi connectivity index (χ1v) is 6.91. The van der Waals surface area contributed by atoms with Crippen LogP contribution in [0.1, 0.15) is 32.5 Å². The Hall–Kier alpha value is -0.720. The van der Waals surface area contributed by atoms with Crippen LogP contribution in [0.2, 0.25) is 0 Å². The smallest absolute Gasteiger partial charge is 0.132 e. The van der Waals surface area contributed by atoms with Crippen molar-refractivity contribution in [1.29, 1.82) is 0 Å². The Morgan fingerprint density at radius 1 is 1.28 bits per heavy atom. The molecule has 0 radical (unpaired) electrons. The van der Waals surface area contributed by atoms with Crippen LogP contribution < -0.4 is 5.32 Å². The summed E-state index contributed by atoms with van der Waals surface area (Å²) in [5.74, 6) is 1.36. The molecule has 0 aliphatic heterocycles. The lowest BCUT2D eigenvalue weighted by atomic mass is 9.98. The van der Waals surface area contributed by atoms with Gasteiger partial charge in [0, 0.05) is 12.5 Å². The van der Waals surface area contributed by atoms with Crippen molar-refractivity contribution in [2.24, 2.45) is 0 Å². The van der Waals surface area contributed by atoms with Gasteiger partial charge in [0.2, 0.25) is 0 Å². The Labute approximate surface area is 116 Å². The van der Waals surface area contributed by atoms with Crippen molar-refractivity contribution < 1.29 is 10.2 Å². The zero-order valence-electron chi connectivity index (χ0n) is 10.8. The quantitative estimate of drug-likeness (QED) is 0.668.